The molecule has 2 rings (SSSR count). The minimum absolute atomic E-state index is 0.109. The van der Waals surface area contributed by atoms with Crippen molar-refractivity contribution in [2.75, 3.05) is 11.9 Å². The minimum Gasteiger partial charge on any atom is -0.463 e. The lowest BCUT2D eigenvalue weighted by atomic mass is 10.2. The average Bonchev–Trinajstić information content (AvgIpc) is 2.67. The van der Waals surface area contributed by atoms with Crippen molar-refractivity contribution in [1.82, 2.24) is 24.7 Å². The Kier molecular flexibility index (Phi) is 4.95. The van der Waals surface area contributed by atoms with E-state index in [4.69, 9.17) is 16.3 Å². The van der Waals surface area contributed by atoms with Crippen molar-refractivity contribution in [3.63, 3.8) is 0 Å². The molecule has 114 valence electrons. The smallest absolute Gasteiger partial charge is 0.322 e. The fourth-order valence-corrected chi connectivity index (χ4v) is 2.06. The highest BCUT2D eigenvalue weighted by molar-refractivity contribution is 6.28. The lowest BCUT2D eigenvalue weighted by molar-refractivity contribution is 0.291. The van der Waals surface area contributed by atoms with Gasteiger partial charge in [-0.25, -0.2) is 0 Å². The van der Waals surface area contributed by atoms with Crippen LogP contribution < -0.4 is 10.1 Å². The lowest BCUT2D eigenvalue weighted by Crippen LogP contribution is -2.08. The molecule has 0 saturated carbocycles. The molecule has 1 N–H and O–H groups in total. The summed E-state index contributed by atoms with van der Waals surface area (Å²) in [5.74, 6) is 0.392. The van der Waals surface area contributed by atoms with Crippen LogP contribution in [0.1, 0.15) is 30.3 Å². The molecule has 0 amide bonds. The standard InChI is InChI=1S/C13H19ClN6O/c1-5-6-21-13-17-11(14)16-12(18-13)15-7-10-8(2)19-20(4)9(10)3/h5-7H2,1-4H3,(H,15,16,17,18). The van der Waals surface area contributed by atoms with Gasteiger partial charge in [0.25, 0.3) is 0 Å². The van der Waals surface area contributed by atoms with Crippen molar-refractivity contribution in [1.29, 1.82) is 0 Å². The highest BCUT2D eigenvalue weighted by Gasteiger charge is 2.11. The molecule has 7 nitrogen and oxygen atoms in total. The van der Waals surface area contributed by atoms with E-state index in [1.807, 2.05) is 32.5 Å². The number of rotatable bonds is 6. The zero-order valence-corrected chi connectivity index (χ0v) is 13.4. The first-order valence-corrected chi connectivity index (χ1v) is 7.16. The summed E-state index contributed by atoms with van der Waals surface area (Å²) in [6.45, 7) is 7.11. The van der Waals surface area contributed by atoms with E-state index in [9.17, 15) is 0 Å². The molecule has 0 saturated heterocycles. The van der Waals surface area contributed by atoms with E-state index in [0.717, 1.165) is 23.4 Å². The maximum absolute atomic E-state index is 5.88. The molecule has 8 heteroatoms. The molecule has 2 aromatic heterocycles. The van der Waals surface area contributed by atoms with Crippen molar-refractivity contribution in [2.24, 2.45) is 7.05 Å². The molecule has 0 aliphatic heterocycles. The summed E-state index contributed by atoms with van der Waals surface area (Å²) in [6.07, 6.45) is 0.875. The fraction of sp³-hybridized carbons (Fsp3) is 0.538. The van der Waals surface area contributed by atoms with Crippen molar-refractivity contribution in [2.45, 2.75) is 33.7 Å². The van der Waals surface area contributed by atoms with Gasteiger partial charge in [0.05, 0.1) is 12.3 Å². The third kappa shape index (κ3) is 3.81. The number of hydrogen-bond donors (Lipinski definition) is 1. The Morgan fingerprint density at radius 2 is 2.00 bits per heavy atom. The van der Waals surface area contributed by atoms with Crippen LogP contribution in [0.4, 0.5) is 5.95 Å². The van der Waals surface area contributed by atoms with E-state index in [0.29, 0.717) is 19.1 Å². The summed E-state index contributed by atoms with van der Waals surface area (Å²) in [7, 11) is 1.92. The molecular weight excluding hydrogens is 292 g/mol. The van der Waals surface area contributed by atoms with Gasteiger partial charge in [-0.05, 0) is 31.9 Å². The molecule has 0 spiro atoms. The number of aromatic nitrogens is 5. The summed E-state index contributed by atoms with van der Waals surface area (Å²) >= 11 is 5.88. The van der Waals surface area contributed by atoms with Gasteiger partial charge < -0.3 is 10.1 Å². The largest absolute Gasteiger partial charge is 0.463 e. The molecule has 0 radical (unpaired) electrons. The number of halogens is 1. The number of nitrogens with zero attached hydrogens (tertiary/aromatic N) is 5. The van der Waals surface area contributed by atoms with Gasteiger partial charge in [-0.15, -0.1) is 0 Å². The first kappa shape index (κ1) is 15.5. The Bertz CT molecular complexity index is 627. The van der Waals surface area contributed by atoms with Crippen LogP contribution in [0.25, 0.3) is 0 Å². The van der Waals surface area contributed by atoms with E-state index in [2.05, 4.69) is 25.4 Å². The molecule has 2 aromatic rings. The number of ether oxygens (including phenoxy) is 1. The second-order valence-corrected chi connectivity index (χ2v) is 5.02. The SMILES string of the molecule is CCCOc1nc(Cl)nc(NCc2c(C)nn(C)c2C)n1. The van der Waals surface area contributed by atoms with Gasteiger partial charge in [-0.1, -0.05) is 6.92 Å². The predicted molar refractivity (Wildman–Crippen MR) is 80.6 cm³/mol. The van der Waals surface area contributed by atoms with Crippen LogP contribution in [0.15, 0.2) is 0 Å². The van der Waals surface area contributed by atoms with Crippen molar-refractivity contribution >= 4 is 17.5 Å². The van der Waals surface area contributed by atoms with E-state index >= 15 is 0 Å². The second kappa shape index (κ2) is 6.71. The van der Waals surface area contributed by atoms with Gasteiger partial charge in [0.15, 0.2) is 0 Å². The van der Waals surface area contributed by atoms with E-state index < -0.39 is 0 Å². The van der Waals surface area contributed by atoms with Gasteiger partial charge in [0, 0.05) is 24.8 Å². The van der Waals surface area contributed by atoms with Crippen LogP contribution in [0, 0.1) is 13.8 Å². The van der Waals surface area contributed by atoms with Gasteiger partial charge in [0.1, 0.15) is 0 Å². The summed E-state index contributed by atoms with van der Waals surface area (Å²) < 4.78 is 7.23. The Hall–Kier alpha value is -1.89. The quantitative estimate of drug-likeness (QED) is 0.882. The molecule has 0 aromatic carbocycles. The normalized spacial score (nSPS) is 10.7. The number of aryl methyl sites for hydroxylation is 2. The predicted octanol–water partition coefficient (Wildman–Crippen LogP) is 2.28. The molecule has 2 heterocycles. The molecule has 0 atom stereocenters. The van der Waals surface area contributed by atoms with Crippen LogP contribution >= 0.6 is 11.6 Å². The number of hydrogen-bond acceptors (Lipinski definition) is 6. The topological polar surface area (TPSA) is 77.8 Å². The fourth-order valence-electron chi connectivity index (χ4n) is 1.91. The number of nitrogens with one attached hydrogen (secondary N) is 1. The molecule has 0 unspecified atom stereocenters. The second-order valence-electron chi connectivity index (χ2n) is 4.69. The van der Waals surface area contributed by atoms with Crippen LogP contribution in [0.3, 0.4) is 0 Å². The van der Waals surface area contributed by atoms with Gasteiger partial charge in [-0.3, -0.25) is 4.68 Å². The summed E-state index contributed by atoms with van der Waals surface area (Å²) in [5, 5.41) is 7.61. The summed E-state index contributed by atoms with van der Waals surface area (Å²) in [6, 6.07) is 0.235. The maximum Gasteiger partial charge on any atom is 0.322 e. The number of anilines is 1. The van der Waals surface area contributed by atoms with E-state index in [1.54, 1.807) is 0 Å². The van der Waals surface area contributed by atoms with Gasteiger partial charge >= 0.3 is 6.01 Å². The van der Waals surface area contributed by atoms with Crippen molar-refractivity contribution in [3.8, 4) is 6.01 Å². The third-order valence-electron chi connectivity index (χ3n) is 3.11. The van der Waals surface area contributed by atoms with E-state index in [-0.39, 0.29) is 11.3 Å². The third-order valence-corrected chi connectivity index (χ3v) is 3.27. The molecule has 0 fully saturated rings. The molecule has 0 bridgehead atoms. The van der Waals surface area contributed by atoms with Crippen LogP contribution in [0.2, 0.25) is 5.28 Å². The highest BCUT2D eigenvalue weighted by Crippen LogP contribution is 2.15. The summed E-state index contributed by atoms with van der Waals surface area (Å²) in [4.78, 5) is 12.2. The minimum atomic E-state index is 0.109. The molecule has 0 aliphatic rings. The van der Waals surface area contributed by atoms with Gasteiger partial charge in [-0.2, -0.15) is 20.1 Å². The summed E-state index contributed by atoms with van der Waals surface area (Å²) in [5.41, 5.74) is 3.19. The Morgan fingerprint density at radius 1 is 1.24 bits per heavy atom. The van der Waals surface area contributed by atoms with Crippen LogP contribution in [-0.4, -0.2) is 31.3 Å². The first-order chi connectivity index (χ1) is 10.0. The molecular formula is C13H19ClN6O. The van der Waals surface area contributed by atoms with Crippen molar-refractivity contribution in [3.05, 3.63) is 22.2 Å². The highest BCUT2D eigenvalue weighted by atomic mass is 35.5. The first-order valence-electron chi connectivity index (χ1n) is 6.78. The van der Waals surface area contributed by atoms with Gasteiger partial charge in [0.2, 0.25) is 11.2 Å². The maximum atomic E-state index is 5.88. The Morgan fingerprint density at radius 3 is 2.62 bits per heavy atom. The van der Waals surface area contributed by atoms with Crippen LogP contribution in [-0.2, 0) is 13.6 Å². The monoisotopic (exact) mass is 310 g/mol. The molecule has 21 heavy (non-hydrogen) atoms. The Balaban J connectivity index is 2.10. The average molecular weight is 311 g/mol. The lowest BCUT2D eigenvalue weighted by Gasteiger charge is -2.07. The van der Waals surface area contributed by atoms with Crippen LogP contribution in [0.5, 0.6) is 6.01 Å². The zero-order valence-electron chi connectivity index (χ0n) is 12.6. The molecule has 0 aliphatic carbocycles. The Labute approximate surface area is 128 Å². The van der Waals surface area contributed by atoms with Crippen molar-refractivity contribution < 1.29 is 4.74 Å². The van der Waals surface area contributed by atoms with E-state index in [1.165, 1.54) is 0 Å². The zero-order chi connectivity index (χ0) is 15.4.